The number of carbonyl (C=O) groups excluding carboxylic acids is 3. The van der Waals surface area contributed by atoms with Crippen LogP contribution in [-0.4, -0.2) is 58.7 Å². The van der Waals surface area contributed by atoms with Crippen LogP contribution >= 0.6 is 23.2 Å². The highest BCUT2D eigenvalue weighted by atomic mass is 35.5. The summed E-state index contributed by atoms with van der Waals surface area (Å²) in [5, 5.41) is 17.6. The minimum Gasteiger partial charge on any atom is -0.480 e. The van der Waals surface area contributed by atoms with Gasteiger partial charge in [-0.1, -0.05) is 47.5 Å². The summed E-state index contributed by atoms with van der Waals surface area (Å²) in [5.74, 6) is -2.12. The van der Waals surface area contributed by atoms with Gasteiger partial charge in [0.15, 0.2) is 0 Å². The average Bonchev–Trinajstić information content (AvgIpc) is 3.27. The van der Waals surface area contributed by atoms with Crippen molar-refractivity contribution in [2.24, 2.45) is 0 Å². The van der Waals surface area contributed by atoms with Crippen LogP contribution in [0.2, 0.25) is 10.0 Å². The van der Waals surface area contributed by atoms with Crippen LogP contribution in [0.25, 0.3) is 0 Å². The molecule has 1 unspecified atom stereocenters. The number of rotatable bonds is 6. The van der Waals surface area contributed by atoms with Gasteiger partial charge >= 0.3 is 18.1 Å². The molecule has 4 amide bonds. The molecule has 2 aromatic carbocycles. The topological polar surface area (TPSA) is 137 Å². The van der Waals surface area contributed by atoms with E-state index in [1.807, 2.05) is 24.3 Å². The lowest BCUT2D eigenvalue weighted by molar-refractivity contribution is -0.139. The fraction of sp³-hybridized carbons (Fsp3) is 0.429. The number of halogens is 2. The van der Waals surface area contributed by atoms with E-state index in [2.05, 4.69) is 16.0 Å². The van der Waals surface area contributed by atoms with E-state index in [4.69, 9.17) is 27.9 Å². The number of hydrogen-bond donors (Lipinski definition) is 4. The first-order valence-corrected chi connectivity index (χ1v) is 13.7. The number of aryl methyl sites for hydroxylation is 1. The van der Waals surface area contributed by atoms with Crippen molar-refractivity contribution in [3.63, 3.8) is 0 Å². The summed E-state index contributed by atoms with van der Waals surface area (Å²) < 4.78 is 5.44. The van der Waals surface area contributed by atoms with Gasteiger partial charge in [-0.25, -0.2) is 14.4 Å². The molecular weight excluding hydrogens is 559 g/mol. The molecule has 0 saturated carbocycles. The van der Waals surface area contributed by atoms with Gasteiger partial charge in [-0.05, 0) is 68.4 Å². The lowest BCUT2D eigenvalue weighted by atomic mass is 9.96. The smallest absolute Gasteiger partial charge is 0.410 e. The van der Waals surface area contributed by atoms with E-state index >= 15 is 0 Å². The Morgan fingerprint density at radius 3 is 2.55 bits per heavy atom. The third-order valence-electron chi connectivity index (χ3n) is 6.79. The molecular formula is C28H32Cl2N4O6. The molecule has 12 heteroatoms. The van der Waals surface area contributed by atoms with Crippen LogP contribution in [0, 0.1) is 0 Å². The number of carboxylic acid groups (broad SMARTS) is 1. The standard InChI is InChI=1S/C28H32Cl2N4O6/c1-28(2,3)40-27(39)34-11-10-18-16(14-34)12-19(29)22(23(18)30)24(35)32-21(25(36)37)13-31-26(38)33-20-9-8-15-6-4-5-7-17(15)20/h4-7,12,20-21H,8-11,13-14H2,1-3H3,(H,32,35)(H,36,37)(H2,31,33,38)/t20-,21?/m1/s1. The first-order valence-electron chi connectivity index (χ1n) is 13.0. The van der Waals surface area contributed by atoms with Gasteiger partial charge < -0.3 is 30.7 Å². The highest BCUT2D eigenvalue weighted by molar-refractivity contribution is 6.40. The zero-order valence-corrected chi connectivity index (χ0v) is 24.0. The second-order valence-electron chi connectivity index (χ2n) is 10.8. The number of benzene rings is 2. The molecule has 0 spiro atoms. The molecule has 0 bridgehead atoms. The van der Waals surface area contributed by atoms with Crippen LogP contribution in [0.15, 0.2) is 30.3 Å². The summed E-state index contributed by atoms with van der Waals surface area (Å²) in [4.78, 5) is 51.5. The number of carboxylic acids is 1. The zero-order valence-electron chi connectivity index (χ0n) is 22.5. The lowest BCUT2D eigenvalue weighted by Crippen LogP contribution is -2.50. The fourth-order valence-electron chi connectivity index (χ4n) is 4.88. The molecule has 2 aliphatic rings. The monoisotopic (exact) mass is 590 g/mol. The number of nitrogens with one attached hydrogen (secondary N) is 3. The number of hydrogen-bond acceptors (Lipinski definition) is 5. The Hall–Kier alpha value is -3.50. The SMILES string of the molecule is CC(C)(C)OC(=O)N1CCc2c(cc(Cl)c(C(=O)NC(CNC(=O)N[C@@H]3CCc4ccccc43)C(=O)O)c2Cl)C1. The predicted molar refractivity (Wildman–Crippen MR) is 150 cm³/mol. The quantitative estimate of drug-likeness (QED) is 0.392. The number of ether oxygens (including phenoxy) is 1. The van der Waals surface area contributed by atoms with Gasteiger partial charge in [0, 0.05) is 13.1 Å². The first kappa shape index (κ1) is 29.5. The van der Waals surface area contributed by atoms with Crippen molar-refractivity contribution in [3.05, 3.63) is 68.2 Å². The summed E-state index contributed by atoms with van der Waals surface area (Å²) in [7, 11) is 0. The van der Waals surface area contributed by atoms with Crippen LogP contribution < -0.4 is 16.0 Å². The van der Waals surface area contributed by atoms with E-state index in [9.17, 15) is 24.3 Å². The Morgan fingerprint density at radius 2 is 1.85 bits per heavy atom. The maximum absolute atomic E-state index is 13.1. The number of nitrogens with zero attached hydrogens (tertiary/aromatic N) is 1. The van der Waals surface area contributed by atoms with Crippen molar-refractivity contribution < 1.29 is 29.0 Å². The van der Waals surface area contributed by atoms with Crippen molar-refractivity contribution >= 4 is 47.2 Å². The average molecular weight is 591 g/mol. The molecule has 0 radical (unpaired) electrons. The number of fused-ring (bicyclic) bond motifs is 2. The molecule has 4 rings (SSSR count). The van der Waals surface area contributed by atoms with Gasteiger partial charge in [-0.2, -0.15) is 0 Å². The molecule has 4 N–H and O–H groups in total. The normalized spacial score (nSPS) is 16.8. The van der Waals surface area contributed by atoms with E-state index in [1.165, 1.54) is 10.5 Å². The van der Waals surface area contributed by atoms with Crippen molar-refractivity contribution in [2.45, 2.75) is 64.3 Å². The van der Waals surface area contributed by atoms with Crippen LogP contribution in [0.1, 0.15) is 65.8 Å². The number of carbonyl (C=O) groups is 4. The predicted octanol–water partition coefficient (Wildman–Crippen LogP) is 4.46. The Bertz CT molecular complexity index is 1340. The van der Waals surface area contributed by atoms with E-state index in [1.54, 1.807) is 26.8 Å². The second-order valence-corrected chi connectivity index (χ2v) is 11.6. The Balaban J connectivity index is 1.39. The van der Waals surface area contributed by atoms with Gasteiger partial charge in [0.1, 0.15) is 11.6 Å². The maximum atomic E-state index is 13.1. The van der Waals surface area contributed by atoms with Gasteiger partial charge in [0.05, 0.1) is 28.2 Å². The summed E-state index contributed by atoms with van der Waals surface area (Å²) >= 11 is 13.0. The Kier molecular flexibility index (Phi) is 8.80. The van der Waals surface area contributed by atoms with E-state index in [0.717, 1.165) is 18.4 Å². The molecule has 1 aliphatic heterocycles. The van der Waals surface area contributed by atoms with Crippen LogP contribution in [0.3, 0.4) is 0 Å². The lowest BCUT2D eigenvalue weighted by Gasteiger charge is -2.32. The van der Waals surface area contributed by atoms with Gasteiger partial charge in [0.2, 0.25) is 0 Å². The minimum atomic E-state index is -1.43. The number of urea groups is 1. The first-order chi connectivity index (χ1) is 18.8. The fourth-order valence-corrected chi connectivity index (χ4v) is 5.65. The number of amides is 4. The van der Waals surface area contributed by atoms with E-state index in [0.29, 0.717) is 24.1 Å². The van der Waals surface area contributed by atoms with Crippen molar-refractivity contribution in [1.82, 2.24) is 20.9 Å². The summed E-state index contributed by atoms with van der Waals surface area (Å²) in [5.41, 5.74) is 2.81. The zero-order chi connectivity index (χ0) is 29.2. The summed E-state index contributed by atoms with van der Waals surface area (Å²) in [6, 6.07) is 7.22. The Morgan fingerprint density at radius 1 is 1.12 bits per heavy atom. The van der Waals surface area contributed by atoms with Crippen molar-refractivity contribution in [1.29, 1.82) is 0 Å². The molecule has 0 aromatic heterocycles. The summed E-state index contributed by atoms with van der Waals surface area (Å²) in [6.45, 7) is 5.51. The minimum absolute atomic E-state index is 0.0158. The molecule has 1 aliphatic carbocycles. The third kappa shape index (κ3) is 6.79. The van der Waals surface area contributed by atoms with Crippen molar-refractivity contribution in [2.75, 3.05) is 13.1 Å². The van der Waals surface area contributed by atoms with Crippen LogP contribution in [-0.2, 0) is 28.9 Å². The van der Waals surface area contributed by atoms with E-state index < -0.39 is 35.6 Å². The van der Waals surface area contributed by atoms with Crippen LogP contribution in [0.4, 0.5) is 9.59 Å². The maximum Gasteiger partial charge on any atom is 0.410 e. The molecule has 10 nitrogen and oxygen atoms in total. The highest BCUT2D eigenvalue weighted by Crippen LogP contribution is 2.35. The molecule has 214 valence electrons. The molecule has 1 heterocycles. The number of aliphatic carboxylic acids is 1. The van der Waals surface area contributed by atoms with Gasteiger partial charge in [0.25, 0.3) is 5.91 Å². The van der Waals surface area contributed by atoms with E-state index in [-0.39, 0.29) is 34.7 Å². The highest BCUT2D eigenvalue weighted by Gasteiger charge is 2.31. The third-order valence-corrected chi connectivity index (χ3v) is 7.51. The van der Waals surface area contributed by atoms with Gasteiger partial charge in [-0.15, -0.1) is 0 Å². The molecule has 2 atom stereocenters. The van der Waals surface area contributed by atoms with Gasteiger partial charge in [-0.3, -0.25) is 4.79 Å². The molecule has 0 fully saturated rings. The second kappa shape index (κ2) is 11.9. The van der Waals surface area contributed by atoms with Crippen LogP contribution in [0.5, 0.6) is 0 Å². The largest absolute Gasteiger partial charge is 0.480 e. The molecule has 0 saturated heterocycles. The molecule has 40 heavy (non-hydrogen) atoms. The Labute approximate surface area is 242 Å². The molecule has 2 aromatic rings. The van der Waals surface area contributed by atoms with Crippen molar-refractivity contribution in [3.8, 4) is 0 Å². The summed E-state index contributed by atoms with van der Waals surface area (Å²) in [6.07, 6.45) is 1.48.